The summed E-state index contributed by atoms with van der Waals surface area (Å²) in [6, 6.07) is 22.7. The van der Waals surface area contributed by atoms with E-state index in [0.29, 0.717) is 61.9 Å². The van der Waals surface area contributed by atoms with Crippen molar-refractivity contribution in [2.24, 2.45) is 5.92 Å². The number of carbonyl (C=O) groups excluding carboxylic acids is 5. The van der Waals surface area contributed by atoms with Crippen LogP contribution in [0.25, 0.3) is 0 Å². The number of likely N-dealkylation sites (tertiary alicyclic amines) is 1. The summed E-state index contributed by atoms with van der Waals surface area (Å²) >= 11 is 1.49. The number of unbranched alkanes of at least 4 members (excludes halogenated alkanes) is 1. The van der Waals surface area contributed by atoms with Crippen LogP contribution in [0.1, 0.15) is 70.9 Å². The number of methoxy groups -OCH3 is 1. The number of amides is 5. The largest absolute Gasteiger partial charge is 0.497 e. The minimum Gasteiger partial charge on any atom is -0.497 e. The maximum atomic E-state index is 14.1. The summed E-state index contributed by atoms with van der Waals surface area (Å²) in [5.74, 6) is 0.150. The van der Waals surface area contributed by atoms with Crippen LogP contribution < -0.4 is 15.4 Å². The van der Waals surface area contributed by atoms with Gasteiger partial charge in [0, 0.05) is 32.3 Å². The van der Waals surface area contributed by atoms with Gasteiger partial charge in [-0.1, -0.05) is 67.9 Å². The molecule has 0 aliphatic carbocycles. The van der Waals surface area contributed by atoms with Gasteiger partial charge in [0.25, 0.3) is 11.8 Å². The number of nitrogens with one attached hydrogen (secondary N) is 2. The first-order valence-corrected chi connectivity index (χ1v) is 18.3. The number of likely N-dealkylation sites (N-methyl/N-ethyl adjacent to an activating group) is 1. The Balaban J connectivity index is 1.27. The molecule has 50 heavy (non-hydrogen) atoms. The minimum absolute atomic E-state index is 0.154. The number of benzene rings is 3. The molecule has 2 aliphatic heterocycles. The van der Waals surface area contributed by atoms with Crippen LogP contribution in [0.3, 0.4) is 0 Å². The van der Waals surface area contributed by atoms with Crippen LogP contribution in [-0.2, 0) is 26.6 Å². The van der Waals surface area contributed by atoms with Crippen molar-refractivity contribution in [3.63, 3.8) is 0 Å². The molecule has 10 nitrogen and oxygen atoms in total. The Kier molecular flexibility index (Phi) is 12.7. The van der Waals surface area contributed by atoms with Crippen molar-refractivity contribution >= 4 is 41.3 Å². The Morgan fingerprint density at radius 2 is 1.54 bits per heavy atom. The first-order valence-electron chi connectivity index (χ1n) is 17.3. The van der Waals surface area contributed by atoms with Crippen LogP contribution in [0.2, 0.25) is 0 Å². The molecule has 4 unspecified atom stereocenters. The lowest BCUT2D eigenvalue weighted by molar-refractivity contribution is -0.142. The third-order valence-electron chi connectivity index (χ3n) is 9.47. The monoisotopic (exact) mass is 698 g/mol. The highest BCUT2D eigenvalue weighted by Gasteiger charge is 2.38. The Hall–Kier alpha value is -4.64. The lowest BCUT2D eigenvalue weighted by Crippen LogP contribution is -2.56. The summed E-state index contributed by atoms with van der Waals surface area (Å²) in [6.45, 7) is 2.75. The van der Waals surface area contributed by atoms with Crippen LogP contribution >= 0.6 is 11.8 Å². The second kappa shape index (κ2) is 17.3. The van der Waals surface area contributed by atoms with Gasteiger partial charge in [0.2, 0.25) is 17.7 Å². The van der Waals surface area contributed by atoms with Crippen LogP contribution in [0.5, 0.6) is 5.75 Å². The Labute approximate surface area is 298 Å². The molecule has 1 saturated heterocycles. The Morgan fingerprint density at radius 1 is 0.880 bits per heavy atom. The fourth-order valence-electron chi connectivity index (χ4n) is 6.58. The van der Waals surface area contributed by atoms with Gasteiger partial charge in [0.1, 0.15) is 17.8 Å². The minimum atomic E-state index is -0.773. The number of imide groups is 1. The Bertz CT molecular complexity index is 1630. The third kappa shape index (κ3) is 8.93. The highest BCUT2D eigenvalue weighted by Crippen LogP contribution is 2.28. The topological polar surface area (TPSA) is 125 Å². The zero-order valence-corrected chi connectivity index (χ0v) is 29.7. The van der Waals surface area contributed by atoms with Crippen LogP contribution in [-0.4, -0.2) is 83.9 Å². The van der Waals surface area contributed by atoms with Crippen molar-refractivity contribution in [3.8, 4) is 5.75 Å². The molecule has 3 aromatic rings. The standard InChI is InChI=1S/C39H46N4O6S/c1-26-20-22-42(33(35(44)40-2)24-27-11-5-4-6-12-27)39(48)32(23-26)41-36(45)34(50-25-28-16-18-29(49-3)19-17-28)15-9-10-21-43-37(46)30-13-7-8-14-31(30)38(43)47/h4-8,11-14,16-19,26,32-34H,9-10,15,20-25H2,1-3H3,(H,40,44)(H,41,45). The first-order chi connectivity index (χ1) is 24.2. The highest BCUT2D eigenvalue weighted by molar-refractivity contribution is 7.99. The summed E-state index contributed by atoms with van der Waals surface area (Å²) in [4.78, 5) is 70.0. The summed E-state index contributed by atoms with van der Waals surface area (Å²) in [6.07, 6.45) is 3.19. The maximum absolute atomic E-state index is 14.1. The average Bonchev–Trinajstić information content (AvgIpc) is 3.29. The molecule has 0 bridgehead atoms. The molecule has 5 amide bonds. The van der Waals surface area contributed by atoms with Crippen LogP contribution in [0.4, 0.5) is 0 Å². The van der Waals surface area contributed by atoms with Gasteiger partial charge in [0.15, 0.2) is 0 Å². The number of nitrogens with zero attached hydrogens (tertiary/aromatic N) is 2. The van der Waals surface area contributed by atoms with E-state index in [2.05, 4.69) is 17.6 Å². The lowest BCUT2D eigenvalue weighted by Gasteiger charge is -2.32. The van der Waals surface area contributed by atoms with E-state index in [0.717, 1.165) is 16.9 Å². The van der Waals surface area contributed by atoms with Gasteiger partial charge in [-0.2, -0.15) is 0 Å². The molecule has 0 spiro atoms. The number of ether oxygens (including phenoxy) is 1. The first kappa shape index (κ1) is 36.6. The number of fused-ring (bicyclic) bond motifs is 1. The number of hydrogen-bond acceptors (Lipinski definition) is 7. The predicted octanol–water partition coefficient (Wildman–Crippen LogP) is 4.86. The van der Waals surface area contributed by atoms with E-state index in [9.17, 15) is 24.0 Å². The number of thioether (sulfide) groups is 1. The van der Waals surface area contributed by atoms with Gasteiger partial charge < -0.3 is 20.3 Å². The van der Waals surface area contributed by atoms with Gasteiger partial charge in [-0.15, -0.1) is 11.8 Å². The molecule has 11 heteroatoms. The zero-order valence-electron chi connectivity index (χ0n) is 28.9. The zero-order chi connectivity index (χ0) is 35.6. The van der Waals surface area contributed by atoms with Crippen molar-refractivity contribution < 1.29 is 28.7 Å². The normalized spacial score (nSPS) is 18.7. The summed E-state index contributed by atoms with van der Waals surface area (Å²) < 4.78 is 5.29. The highest BCUT2D eigenvalue weighted by atomic mass is 32.2. The lowest BCUT2D eigenvalue weighted by atomic mass is 10.00. The van der Waals surface area contributed by atoms with Gasteiger partial charge in [-0.05, 0) is 67.0 Å². The number of rotatable bonds is 15. The van der Waals surface area contributed by atoms with E-state index in [1.165, 1.54) is 16.7 Å². The van der Waals surface area contributed by atoms with Crippen molar-refractivity contribution in [3.05, 3.63) is 101 Å². The molecule has 2 aliphatic rings. The van der Waals surface area contributed by atoms with Crippen molar-refractivity contribution in [1.29, 1.82) is 0 Å². The Morgan fingerprint density at radius 3 is 2.18 bits per heavy atom. The summed E-state index contributed by atoms with van der Waals surface area (Å²) in [7, 11) is 3.19. The van der Waals surface area contributed by atoms with Crippen molar-refractivity contribution in [2.45, 2.75) is 68.5 Å². The fraction of sp³-hybridized carbons (Fsp3) is 0.410. The van der Waals surface area contributed by atoms with Crippen molar-refractivity contribution in [1.82, 2.24) is 20.4 Å². The quantitative estimate of drug-likeness (QED) is 0.172. The van der Waals surface area contributed by atoms with Gasteiger partial charge >= 0.3 is 0 Å². The average molecular weight is 699 g/mol. The van der Waals surface area contributed by atoms with Crippen LogP contribution in [0.15, 0.2) is 78.9 Å². The smallest absolute Gasteiger partial charge is 0.261 e. The van der Waals surface area contributed by atoms with Gasteiger partial charge in [-0.25, -0.2) is 0 Å². The molecular weight excluding hydrogens is 653 g/mol. The van der Waals surface area contributed by atoms with Crippen LogP contribution in [0, 0.1) is 5.92 Å². The second-order valence-corrected chi connectivity index (χ2v) is 14.2. The molecule has 4 atom stereocenters. The van der Waals surface area contributed by atoms with E-state index >= 15 is 0 Å². The molecule has 5 rings (SSSR count). The molecule has 264 valence electrons. The molecule has 0 aromatic heterocycles. The van der Waals surface area contributed by atoms with E-state index in [4.69, 9.17) is 4.74 Å². The second-order valence-electron chi connectivity index (χ2n) is 13.0. The molecular formula is C39H46N4O6S. The maximum Gasteiger partial charge on any atom is 0.261 e. The summed E-state index contributed by atoms with van der Waals surface area (Å²) in [5, 5.41) is 5.33. The van der Waals surface area contributed by atoms with E-state index < -0.39 is 17.3 Å². The fourth-order valence-corrected chi connectivity index (χ4v) is 7.72. The molecule has 1 fully saturated rings. The predicted molar refractivity (Wildman–Crippen MR) is 194 cm³/mol. The molecule has 3 aromatic carbocycles. The number of hydrogen-bond donors (Lipinski definition) is 2. The molecule has 0 saturated carbocycles. The van der Waals surface area contributed by atoms with E-state index in [-0.39, 0.29) is 42.0 Å². The molecule has 2 N–H and O–H groups in total. The molecule has 2 heterocycles. The van der Waals surface area contributed by atoms with Crippen molar-refractivity contribution in [2.75, 3.05) is 27.2 Å². The number of carbonyl (C=O) groups is 5. The third-order valence-corrected chi connectivity index (χ3v) is 10.8. The van der Waals surface area contributed by atoms with Gasteiger partial charge in [0.05, 0.1) is 23.5 Å². The van der Waals surface area contributed by atoms with E-state index in [1.54, 1.807) is 43.3 Å². The van der Waals surface area contributed by atoms with Gasteiger partial charge in [-0.3, -0.25) is 28.9 Å². The molecule has 0 radical (unpaired) electrons. The summed E-state index contributed by atoms with van der Waals surface area (Å²) in [5.41, 5.74) is 2.81. The SMILES string of the molecule is CNC(=O)C(Cc1ccccc1)N1CCC(C)CC(NC(=O)C(CCCCN2C(=O)c3ccccc3C2=O)SCc2ccc(OC)cc2)C1=O. The van der Waals surface area contributed by atoms with E-state index in [1.807, 2.05) is 54.6 Å².